The summed E-state index contributed by atoms with van der Waals surface area (Å²) in [6.07, 6.45) is 3.32. The molecule has 0 saturated carbocycles. The Bertz CT molecular complexity index is 399. The van der Waals surface area contributed by atoms with Crippen molar-refractivity contribution in [3.05, 3.63) is 35.4 Å². The van der Waals surface area contributed by atoms with Crippen LogP contribution in [0.15, 0.2) is 18.2 Å². The second-order valence-corrected chi connectivity index (χ2v) is 5.06. The van der Waals surface area contributed by atoms with Gasteiger partial charge in [-0.25, -0.2) is 8.78 Å². The number of halogens is 3. The van der Waals surface area contributed by atoms with Gasteiger partial charge in [-0.2, -0.15) is 0 Å². The van der Waals surface area contributed by atoms with E-state index in [1.807, 2.05) is 0 Å². The van der Waals surface area contributed by atoms with Crippen LogP contribution in [0.1, 0.15) is 24.8 Å². The summed E-state index contributed by atoms with van der Waals surface area (Å²) in [6.45, 7) is 3.08. The zero-order valence-corrected chi connectivity index (χ0v) is 11.8. The highest BCUT2D eigenvalue weighted by molar-refractivity contribution is 5.85. The first kappa shape index (κ1) is 16.3. The summed E-state index contributed by atoms with van der Waals surface area (Å²) >= 11 is 0. The largest absolute Gasteiger partial charge is 0.330 e. The molecule has 0 amide bonds. The lowest BCUT2D eigenvalue weighted by Gasteiger charge is -2.32. The first-order valence-electron chi connectivity index (χ1n) is 6.55. The number of hydrogen-bond acceptors (Lipinski definition) is 2. The minimum Gasteiger partial charge on any atom is -0.330 e. The summed E-state index contributed by atoms with van der Waals surface area (Å²) in [4.78, 5) is 2.20. The molecule has 0 aromatic heterocycles. The van der Waals surface area contributed by atoms with Crippen LogP contribution in [0.25, 0.3) is 0 Å². The number of likely N-dealkylation sites (tertiary alicyclic amines) is 1. The number of benzene rings is 1. The van der Waals surface area contributed by atoms with E-state index in [0.29, 0.717) is 24.6 Å². The quantitative estimate of drug-likeness (QED) is 0.924. The van der Waals surface area contributed by atoms with Gasteiger partial charge in [0, 0.05) is 18.7 Å². The molecule has 1 fully saturated rings. The Morgan fingerprint density at radius 1 is 1.32 bits per heavy atom. The summed E-state index contributed by atoms with van der Waals surface area (Å²) < 4.78 is 26.7. The lowest BCUT2D eigenvalue weighted by atomic mass is 9.94. The van der Waals surface area contributed by atoms with E-state index in [2.05, 4.69) is 4.90 Å². The number of rotatable bonds is 4. The van der Waals surface area contributed by atoms with Crippen molar-refractivity contribution in [3.8, 4) is 0 Å². The maximum Gasteiger partial charge on any atom is 0.127 e. The number of nitrogens with zero attached hydrogens (tertiary/aromatic N) is 1. The lowest BCUT2D eigenvalue weighted by molar-refractivity contribution is 0.161. The Morgan fingerprint density at radius 2 is 2.11 bits per heavy atom. The van der Waals surface area contributed by atoms with Crippen molar-refractivity contribution in [2.45, 2.75) is 25.8 Å². The lowest BCUT2D eigenvalue weighted by Crippen LogP contribution is -2.35. The SMILES string of the molecule is Cl.NCCC1CCCN(Cc2cc(F)ccc2F)C1. The predicted molar refractivity (Wildman–Crippen MR) is 75.3 cm³/mol. The van der Waals surface area contributed by atoms with Crippen molar-refractivity contribution >= 4 is 12.4 Å². The fourth-order valence-corrected chi connectivity index (χ4v) is 2.67. The maximum absolute atomic E-state index is 13.6. The van der Waals surface area contributed by atoms with E-state index >= 15 is 0 Å². The Hall–Kier alpha value is -0.710. The van der Waals surface area contributed by atoms with E-state index in [9.17, 15) is 8.78 Å². The van der Waals surface area contributed by atoms with Gasteiger partial charge in [-0.05, 0) is 56.5 Å². The van der Waals surface area contributed by atoms with Crippen molar-refractivity contribution in [1.82, 2.24) is 4.90 Å². The van der Waals surface area contributed by atoms with Crippen LogP contribution in [-0.4, -0.2) is 24.5 Å². The molecule has 1 saturated heterocycles. The normalized spacial score (nSPS) is 20.1. The van der Waals surface area contributed by atoms with Crippen molar-refractivity contribution in [2.75, 3.05) is 19.6 Å². The molecule has 1 aromatic carbocycles. The molecule has 1 aromatic rings. The van der Waals surface area contributed by atoms with Gasteiger partial charge < -0.3 is 5.73 Å². The smallest absolute Gasteiger partial charge is 0.127 e. The van der Waals surface area contributed by atoms with Crippen LogP contribution in [0.2, 0.25) is 0 Å². The van der Waals surface area contributed by atoms with Gasteiger partial charge in [0.2, 0.25) is 0 Å². The molecule has 19 heavy (non-hydrogen) atoms. The van der Waals surface area contributed by atoms with E-state index in [4.69, 9.17) is 5.73 Å². The fourth-order valence-electron chi connectivity index (χ4n) is 2.67. The average Bonchev–Trinajstić information content (AvgIpc) is 2.35. The number of piperidine rings is 1. The van der Waals surface area contributed by atoms with Gasteiger partial charge >= 0.3 is 0 Å². The second kappa shape index (κ2) is 7.78. The average molecular weight is 291 g/mol. The molecule has 1 aliphatic rings. The minimum atomic E-state index is -0.373. The minimum absolute atomic E-state index is 0. The topological polar surface area (TPSA) is 29.3 Å². The predicted octanol–water partition coefficient (Wildman–Crippen LogP) is 2.95. The third-order valence-electron chi connectivity index (χ3n) is 3.58. The number of nitrogens with two attached hydrogens (primary N) is 1. The maximum atomic E-state index is 13.6. The summed E-state index contributed by atoms with van der Waals surface area (Å²) in [6, 6.07) is 3.65. The molecule has 1 heterocycles. The highest BCUT2D eigenvalue weighted by Gasteiger charge is 2.20. The van der Waals surface area contributed by atoms with Crippen LogP contribution in [0.3, 0.4) is 0 Å². The van der Waals surface area contributed by atoms with E-state index < -0.39 is 0 Å². The summed E-state index contributed by atoms with van der Waals surface area (Å²) in [5.74, 6) is -0.0976. The molecule has 2 rings (SSSR count). The Balaban J connectivity index is 0.00000180. The Labute approximate surface area is 119 Å². The Morgan fingerprint density at radius 3 is 2.84 bits per heavy atom. The molecular formula is C14H21ClF2N2. The summed E-state index contributed by atoms with van der Waals surface area (Å²) in [5.41, 5.74) is 6.02. The van der Waals surface area contributed by atoms with E-state index in [1.165, 1.54) is 18.6 Å². The first-order chi connectivity index (χ1) is 8.69. The molecule has 0 aliphatic carbocycles. The standard InChI is InChI=1S/C14H20F2N2.ClH/c15-13-3-4-14(16)12(8-13)10-18-7-1-2-11(9-18)5-6-17;/h3-4,8,11H,1-2,5-7,9-10,17H2;1H. The van der Waals surface area contributed by atoms with Gasteiger partial charge in [-0.1, -0.05) is 0 Å². The van der Waals surface area contributed by atoms with Crippen LogP contribution < -0.4 is 5.73 Å². The van der Waals surface area contributed by atoms with Gasteiger partial charge in [0.15, 0.2) is 0 Å². The van der Waals surface area contributed by atoms with Crippen LogP contribution in [0, 0.1) is 17.6 Å². The van der Waals surface area contributed by atoms with Crippen molar-refractivity contribution in [1.29, 1.82) is 0 Å². The van der Waals surface area contributed by atoms with Gasteiger partial charge in [0.1, 0.15) is 11.6 Å². The fraction of sp³-hybridized carbons (Fsp3) is 0.571. The monoisotopic (exact) mass is 290 g/mol. The van der Waals surface area contributed by atoms with Gasteiger partial charge in [0.05, 0.1) is 0 Å². The highest BCUT2D eigenvalue weighted by Crippen LogP contribution is 2.21. The molecule has 1 unspecified atom stereocenters. The zero-order valence-electron chi connectivity index (χ0n) is 10.9. The van der Waals surface area contributed by atoms with Crippen molar-refractivity contribution < 1.29 is 8.78 Å². The van der Waals surface area contributed by atoms with E-state index in [-0.39, 0.29) is 24.0 Å². The molecule has 0 bridgehead atoms. The summed E-state index contributed by atoms with van der Waals surface area (Å²) in [5, 5.41) is 0. The zero-order chi connectivity index (χ0) is 13.0. The van der Waals surface area contributed by atoms with Gasteiger partial charge in [-0.3, -0.25) is 4.90 Å². The molecule has 0 spiro atoms. The van der Waals surface area contributed by atoms with Crippen LogP contribution in [0.4, 0.5) is 8.78 Å². The van der Waals surface area contributed by atoms with Crippen molar-refractivity contribution in [3.63, 3.8) is 0 Å². The van der Waals surface area contributed by atoms with Crippen LogP contribution in [-0.2, 0) is 6.54 Å². The molecule has 108 valence electrons. The first-order valence-corrected chi connectivity index (χ1v) is 6.55. The highest BCUT2D eigenvalue weighted by atomic mass is 35.5. The van der Waals surface area contributed by atoms with E-state index in [1.54, 1.807) is 0 Å². The molecule has 1 aliphatic heterocycles. The molecular weight excluding hydrogens is 270 g/mol. The molecule has 0 radical (unpaired) electrons. The van der Waals surface area contributed by atoms with Gasteiger partial charge in [0.25, 0.3) is 0 Å². The molecule has 1 atom stereocenters. The summed E-state index contributed by atoms with van der Waals surface area (Å²) in [7, 11) is 0. The van der Waals surface area contributed by atoms with Crippen molar-refractivity contribution in [2.24, 2.45) is 11.7 Å². The third kappa shape index (κ3) is 4.71. The van der Waals surface area contributed by atoms with E-state index in [0.717, 1.165) is 32.0 Å². The molecule has 2 N–H and O–H groups in total. The molecule has 5 heteroatoms. The second-order valence-electron chi connectivity index (χ2n) is 5.06. The number of hydrogen-bond donors (Lipinski definition) is 1. The van der Waals surface area contributed by atoms with Crippen LogP contribution in [0.5, 0.6) is 0 Å². The van der Waals surface area contributed by atoms with Crippen LogP contribution >= 0.6 is 12.4 Å². The van der Waals surface area contributed by atoms with Gasteiger partial charge in [-0.15, -0.1) is 12.4 Å². The Kier molecular flexibility index (Phi) is 6.69. The molecule has 2 nitrogen and oxygen atoms in total. The third-order valence-corrected chi connectivity index (χ3v) is 3.58.